The van der Waals surface area contributed by atoms with Crippen molar-refractivity contribution in [3.8, 4) is 5.75 Å². The van der Waals surface area contributed by atoms with Crippen LogP contribution in [0.25, 0.3) is 10.2 Å². The molecule has 2 aromatic carbocycles. The summed E-state index contributed by atoms with van der Waals surface area (Å²) in [6, 6.07) is 13.9. The van der Waals surface area contributed by atoms with Gasteiger partial charge >= 0.3 is 0 Å². The summed E-state index contributed by atoms with van der Waals surface area (Å²) in [6.07, 6.45) is 1.91. The molecule has 0 aliphatic carbocycles. The normalized spacial score (nSPS) is 13.7. The van der Waals surface area contributed by atoms with Gasteiger partial charge < -0.3 is 14.4 Å². The molecule has 0 bridgehead atoms. The van der Waals surface area contributed by atoms with Gasteiger partial charge in [-0.05, 0) is 48.7 Å². The minimum Gasteiger partial charge on any atom is -0.497 e. The Morgan fingerprint density at radius 3 is 3.00 bits per heavy atom. The number of para-hydroxylation sites is 1. The van der Waals surface area contributed by atoms with E-state index in [-0.39, 0.29) is 12.5 Å². The number of aryl methyl sites for hydroxylation is 1. The van der Waals surface area contributed by atoms with Gasteiger partial charge in [0.2, 0.25) is 0 Å². The fourth-order valence-corrected chi connectivity index (χ4v) is 4.15. The first-order valence-corrected chi connectivity index (χ1v) is 9.46. The Kier molecular flexibility index (Phi) is 4.86. The van der Waals surface area contributed by atoms with E-state index >= 15 is 0 Å². The molecule has 134 valence electrons. The molecule has 0 atom stereocenters. The number of fused-ring (bicyclic) bond motifs is 2. The lowest BCUT2D eigenvalue weighted by Crippen LogP contribution is -2.37. The Morgan fingerprint density at radius 2 is 2.15 bits per heavy atom. The predicted molar refractivity (Wildman–Crippen MR) is 103 cm³/mol. The first kappa shape index (κ1) is 17.0. The highest BCUT2D eigenvalue weighted by molar-refractivity contribution is 7.18. The molecule has 1 aliphatic heterocycles. The maximum atomic E-state index is 12.6. The molecule has 0 N–H and O–H groups in total. The first-order chi connectivity index (χ1) is 12.7. The molecule has 5 nitrogen and oxygen atoms in total. The molecule has 3 aromatic rings. The lowest BCUT2D eigenvalue weighted by molar-refractivity contribution is -0.123. The largest absolute Gasteiger partial charge is 0.497 e. The van der Waals surface area contributed by atoms with E-state index in [0.717, 1.165) is 51.6 Å². The molecular formula is C20H20N2O3S. The summed E-state index contributed by atoms with van der Waals surface area (Å²) in [5.74, 6) is 0.808. The molecule has 0 saturated heterocycles. The van der Waals surface area contributed by atoms with Crippen LogP contribution in [-0.2, 0) is 22.6 Å². The van der Waals surface area contributed by atoms with Gasteiger partial charge in [0.1, 0.15) is 17.4 Å². The van der Waals surface area contributed by atoms with Crippen molar-refractivity contribution >= 4 is 33.1 Å². The number of amides is 1. The number of anilines is 1. The number of thiazole rings is 1. The summed E-state index contributed by atoms with van der Waals surface area (Å²) in [4.78, 5) is 19.0. The van der Waals surface area contributed by atoms with Crippen molar-refractivity contribution in [2.45, 2.75) is 19.4 Å². The molecule has 2 heterocycles. The zero-order valence-corrected chi connectivity index (χ0v) is 15.4. The summed E-state index contributed by atoms with van der Waals surface area (Å²) >= 11 is 1.60. The standard InChI is InChI=1S/C20H20N2O3S/c1-24-15-8-9-17-14(11-15)5-4-10-22(17)20(23)13-25-12-19-21-16-6-2-3-7-18(16)26-19/h2-3,6-9,11H,4-5,10,12-13H2,1H3. The molecule has 0 spiro atoms. The average Bonchev–Trinajstić information content (AvgIpc) is 3.09. The van der Waals surface area contributed by atoms with Crippen molar-refractivity contribution in [2.24, 2.45) is 0 Å². The van der Waals surface area contributed by atoms with Crippen molar-refractivity contribution < 1.29 is 14.3 Å². The third kappa shape index (κ3) is 3.43. The maximum absolute atomic E-state index is 12.6. The molecule has 1 aliphatic rings. The second-order valence-electron chi connectivity index (χ2n) is 6.21. The van der Waals surface area contributed by atoms with Crippen molar-refractivity contribution in [1.29, 1.82) is 0 Å². The zero-order chi connectivity index (χ0) is 17.9. The number of methoxy groups -OCH3 is 1. The van der Waals surface area contributed by atoms with Crippen LogP contribution < -0.4 is 9.64 Å². The minimum atomic E-state index is -0.0165. The van der Waals surface area contributed by atoms with Gasteiger partial charge in [-0.3, -0.25) is 4.79 Å². The number of hydrogen-bond donors (Lipinski definition) is 0. The molecule has 0 saturated carbocycles. The quantitative estimate of drug-likeness (QED) is 0.687. The van der Waals surface area contributed by atoms with Gasteiger partial charge in [0.15, 0.2) is 0 Å². The number of aromatic nitrogens is 1. The Hall–Kier alpha value is -2.44. The highest BCUT2D eigenvalue weighted by atomic mass is 32.1. The molecule has 6 heteroatoms. The molecule has 26 heavy (non-hydrogen) atoms. The molecular weight excluding hydrogens is 348 g/mol. The van der Waals surface area contributed by atoms with Crippen LogP contribution in [-0.4, -0.2) is 31.2 Å². The van der Waals surface area contributed by atoms with Crippen LogP contribution in [0.5, 0.6) is 5.75 Å². The molecule has 0 unspecified atom stereocenters. The Bertz CT molecular complexity index is 905. The van der Waals surface area contributed by atoms with E-state index in [1.807, 2.05) is 47.4 Å². The van der Waals surface area contributed by atoms with Gasteiger partial charge in [0.05, 0.1) is 23.9 Å². The Morgan fingerprint density at radius 1 is 1.27 bits per heavy atom. The Labute approximate surface area is 156 Å². The van der Waals surface area contributed by atoms with Gasteiger partial charge in [0.25, 0.3) is 5.91 Å². The lowest BCUT2D eigenvalue weighted by Gasteiger charge is -2.29. The van der Waals surface area contributed by atoms with Crippen molar-refractivity contribution in [3.05, 3.63) is 53.0 Å². The van der Waals surface area contributed by atoms with E-state index in [4.69, 9.17) is 9.47 Å². The van der Waals surface area contributed by atoms with Gasteiger partial charge in [-0.15, -0.1) is 11.3 Å². The second-order valence-corrected chi connectivity index (χ2v) is 7.33. The van der Waals surface area contributed by atoms with Gasteiger partial charge in [-0.25, -0.2) is 4.98 Å². The van der Waals surface area contributed by atoms with Crippen LogP contribution in [0.4, 0.5) is 5.69 Å². The minimum absolute atomic E-state index is 0.0165. The van der Waals surface area contributed by atoms with E-state index in [9.17, 15) is 4.79 Å². The van der Waals surface area contributed by atoms with Crippen LogP contribution in [0.3, 0.4) is 0 Å². The third-order valence-electron chi connectivity index (χ3n) is 4.50. The Balaban J connectivity index is 1.39. The summed E-state index contributed by atoms with van der Waals surface area (Å²) in [5, 5.41) is 0.891. The summed E-state index contributed by atoms with van der Waals surface area (Å²) < 4.78 is 12.1. The van der Waals surface area contributed by atoms with Crippen LogP contribution in [0, 0.1) is 0 Å². The van der Waals surface area contributed by atoms with Crippen LogP contribution in [0.1, 0.15) is 17.0 Å². The first-order valence-electron chi connectivity index (χ1n) is 8.64. The average molecular weight is 368 g/mol. The number of rotatable bonds is 5. The number of carbonyl (C=O) groups is 1. The fourth-order valence-electron chi connectivity index (χ4n) is 3.24. The number of carbonyl (C=O) groups excluding carboxylic acids is 1. The summed E-state index contributed by atoms with van der Waals surface area (Å²) in [5.41, 5.74) is 3.09. The summed E-state index contributed by atoms with van der Waals surface area (Å²) in [7, 11) is 1.66. The van der Waals surface area contributed by atoms with Gasteiger partial charge in [-0.1, -0.05) is 12.1 Å². The second kappa shape index (κ2) is 7.43. The number of benzene rings is 2. The van der Waals surface area contributed by atoms with Crippen LogP contribution in [0.2, 0.25) is 0 Å². The number of hydrogen-bond acceptors (Lipinski definition) is 5. The van der Waals surface area contributed by atoms with E-state index in [0.29, 0.717) is 6.61 Å². The predicted octanol–water partition coefficient (Wildman–Crippen LogP) is 3.80. The van der Waals surface area contributed by atoms with Gasteiger partial charge in [0, 0.05) is 12.2 Å². The van der Waals surface area contributed by atoms with Crippen molar-refractivity contribution in [1.82, 2.24) is 4.98 Å². The smallest absolute Gasteiger partial charge is 0.252 e. The highest BCUT2D eigenvalue weighted by Crippen LogP contribution is 2.30. The van der Waals surface area contributed by atoms with E-state index in [1.165, 1.54) is 0 Å². The van der Waals surface area contributed by atoms with Crippen molar-refractivity contribution in [3.63, 3.8) is 0 Å². The lowest BCUT2D eigenvalue weighted by atomic mass is 10.0. The topological polar surface area (TPSA) is 51.7 Å². The van der Waals surface area contributed by atoms with Crippen molar-refractivity contribution in [2.75, 3.05) is 25.2 Å². The molecule has 1 aromatic heterocycles. The monoisotopic (exact) mass is 368 g/mol. The fraction of sp³-hybridized carbons (Fsp3) is 0.300. The van der Waals surface area contributed by atoms with E-state index in [2.05, 4.69) is 4.98 Å². The maximum Gasteiger partial charge on any atom is 0.252 e. The number of nitrogens with zero attached hydrogens (tertiary/aromatic N) is 2. The van der Waals surface area contributed by atoms with E-state index < -0.39 is 0 Å². The molecule has 0 fully saturated rings. The molecule has 1 amide bonds. The highest BCUT2D eigenvalue weighted by Gasteiger charge is 2.23. The van der Waals surface area contributed by atoms with Gasteiger partial charge in [-0.2, -0.15) is 0 Å². The van der Waals surface area contributed by atoms with Crippen LogP contribution in [0.15, 0.2) is 42.5 Å². The molecule has 0 radical (unpaired) electrons. The number of ether oxygens (including phenoxy) is 2. The van der Waals surface area contributed by atoms with Crippen LogP contribution >= 0.6 is 11.3 Å². The third-order valence-corrected chi connectivity index (χ3v) is 5.51. The summed E-state index contributed by atoms with van der Waals surface area (Å²) in [6.45, 7) is 1.14. The van der Waals surface area contributed by atoms with E-state index in [1.54, 1.807) is 18.4 Å². The SMILES string of the molecule is COc1ccc2c(c1)CCCN2C(=O)COCc1nc2ccccc2s1. The zero-order valence-electron chi connectivity index (χ0n) is 14.6. The molecule has 4 rings (SSSR count).